The first-order chi connectivity index (χ1) is 9.78. The first-order valence-corrected chi connectivity index (χ1v) is 8.00. The van der Waals surface area contributed by atoms with Crippen LogP contribution in [0.25, 0.3) is 0 Å². The second kappa shape index (κ2) is 5.98. The average molecular weight is 290 g/mol. The summed E-state index contributed by atoms with van der Waals surface area (Å²) in [6.07, 6.45) is 1.01. The Kier molecular flexibility index (Phi) is 4.64. The molecule has 3 nitrogen and oxygen atoms in total. The van der Waals surface area contributed by atoms with Crippen molar-refractivity contribution < 1.29 is 4.74 Å². The number of ether oxygens (including phenoxy) is 1. The van der Waals surface area contributed by atoms with Crippen LogP contribution in [0, 0.1) is 5.41 Å². The van der Waals surface area contributed by atoms with Crippen LogP contribution in [-0.4, -0.2) is 30.1 Å². The molecule has 0 bridgehead atoms. The Labute approximate surface area is 129 Å². The van der Waals surface area contributed by atoms with Gasteiger partial charge in [0.25, 0.3) is 0 Å². The molecule has 1 unspecified atom stereocenters. The van der Waals surface area contributed by atoms with Gasteiger partial charge in [0.05, 0.1) is 0 Å². The van der Waals surface area contributed by atoms with Gasteiger partial charge in [-0.15, -0.1) is 0 Å². The molecule has 2 rings (SSSR count). The third-order valence-corrected chi connectivity index (χ3v) is 4.38. The molecule has 1 aromatic carbocycles. The number of rotatable bonds is 5. The van der Waals surface area contributed by atoms with Gasteiger partial charge in [-0.2, -0.15) is 0 Å². The third-order valence-electron chi connectivity index (χ3n) is 4.38. The van der Waals surface area contributed by atoms with E-state index in [1.165, 1.54) is 5.56 Å². The molecular formula is C18H30N2O. The number of para-hydroxylation sites is 1. The van der Waals surface area contributed by atoms with Gasteiger partial charge in [0, 0.05) is 24.6 Å². The van der Waals surface area contributed by atoms with Crippen molar-refractivity contribution in [3.8, 4) is 5.75 Å². The van der Waals surface area contributed by atoms with Crippen molar-refractivity contribution in [1.29, 1.82) is 0 Å². The highest BCUT2D eigenvalue weighted by molar-refractivity contribution is 5.38. The lowest BCUT2D eigenvalue weighted by Gasteiger charge is -2.44. The van der Waals surface area contributed by atoms with Crippen molar-refractivity contribution in [3.63, 3.8) is 0 Å². The summed E-state index contributed by atoms with van der Waals surface area (Å²) in [5.74, 6) is 1.03. The SMILES string of the molecule is CCN(CC(C)(C)CN)C1CC(C)(C)Oc2ccccc21. The Bertz CT molecular complexity index is 482. The Morgan fingerprint density at radius 2 is 2.00 bits per heavy atom. The highest BCUT2D eigenvalue weighted by Gasteiger charge is 2.37. The maximum Gasteiger partial charge on any atom is 0.124 e. The zero-order chi connectivity index (χ0) is 15.7. The standard InChI is InChI=1S/C18H30N2O/c1-6-20(13-17(2,3)12-19)15-11-18(4,5)21-16-10-8-7-9-14(15)16/h7-10,15H,6,11-13,19H2,1-5H3. The maximum absolute atomic E-state index is 6.15. The third kappa shape index (κ3) is 3.78. The number of fused-ring (bicyclic) bond motifs is 1. The molecule has 1 aliphatic heterocycles. The minimum Gasteiger partial charge on any atom is -0.487 e. The highest BCUT2D eigenvalue weighted by Crippen LogP contribution is 2.42. The van der Waals surface area contributed by atoms with E-state index in [1.54, 1.807) is 0 Å². The van der Waals surface area contributed by atoms with Gasteiger partial charge in [0.15, 0.2) is 0 Å². The van der Waals surface area contributed by atoms with Crippen LogP contribution < -0.4 is 10.5 Å². The molecule has 0 spiro atoms. The van der Waals surface area contributed by atoms with Gasteiger partial charge in [-0.25, -0.2) is 0 Å². The van der Waals surface area contributed by atoms with Gasteiger partial charge in [0.2, 0.25) is 0 Å². The van der Waals surface area contributed by atoms with Crippen LogP contribution in [0.3, 0.4) is 0 Å². The van der Waals surface area contributed by atoms with E-state index >= 15 is 0 Å². The van der Waals surface area contributed by atoms with Gasteiger partial charge in [-0.05, 0) is 38.4 Å². The predicted octanol–water partition coefficient (Wildman–Crippen LogP) is 3.60. The molecule has 3 heteroatoms. The van der Waals surface area contributed by atoms with E-state index in [0.717, 1.165) is 25.3 Å². The van der Waals surface area contributed by atoms with Crippen molar-refractivity contribution in [2.75, 3.05) is 19.6 Å². The van der Waals surface area contributed by atoms with Gasteiger partial charge < -0.3 is 10.5 Å². The van der Waals surface area contributed by atoms with E-state index < -0.39 is 0 Å². The van der Waals surface area contributed by atoms with Gasteiger partial charge in [-0.3, -0.25) is 4.90 Å². The first kappa shape index (κ1) is 16.3. The smallest absolute Gasteiger partial charge is 0.124 e. The molecule has 0 aromatic heterocycles. The summed E-state index contributed by atoms with van der Waals surface area (Å²) in [5.41, 5.74) is 7.25. The topological polar surface area (TPSA) is 38.5 Å². The van der Waals surface area contributed by atoms with Crippen molar-refractivity contribution >= 4 is 0 Å². The molecule has 0 amide bonds. The van der Waals surface area contributed by atoms with Crippen molar-refractivity contribution in [3.05, 3.63) is 29.8 Å². The largest absolute Gasteiger partial charge is 0.487 e. The lowest BCUT2D eigenvalue weighted by Crippen LogP contribution is -2.45. The van der Waals surface area contributed by atoms with E-state index in [2.05, 4.69) is 63.8 Å². The zero-order valence-corrected chi connectivity index (χ0v) is 14.1. The molecule has 118 valence electrons. The quantitative estimate of drug-likeness (QED) is 0.900. The monoisotopic (exact) mass is 290 g/mol. The minimum atomic E-state index is -0.126. The Balaban J connectivity index is 2.32. The highest BCUT2D eigenvalue weighted by atomic mass is 16.5. The van der Waals surface area contributed by atoms with E-state index in [0.29, 0.717) is 12.6 Å². The second-order valence-electron chi connectivity index (χ2n) is 7.55. The van der Waals surface area contributed by atoms with E-state index in [9.17, 15) is 0 Å². The Morgan fingerprint density at radius 3 is 2.62 bits per heavy atom. The van der Waals surface area contributed by atoms with Crippen LogP contribution in [0.2, 0.25) is 0 Å². The zero-order valence-electron chi connectivity index (χ0n) is 14.1. The molecule has 21 heavy (non-hydrogen) atoms. The van der Waals surface area contributed by atoms with E-state index in [-0.39, 0.29) is 11.0 Å². The molecule has 1 aliphatic rings. The maximum atomic E-state index is 6.15. The average Bonchev–Trinajstić information content (AvgIpc) is 2.43. The summed E-state index contributed by atoms with van der Waals surface area (Å²) in [6, 6.07) is 8.85. The van der Waals surface area contributed by atoms with Crippen molar-refractivity contribution in [1.82, 2.24) is 4.90 Å². The molecular weight excluding hydrogens is 260 g/mol. The summed E-state index contributed by atoms with van der Waals surface area (Å²) in [6.45, 7) is 13.8. The molecule has 0 radical (unpaired) electrons. The molecule has 2 N–H and O–H groups in total. The van der Waals surface area contributed by atoms with Gasteiger partial charge in [0.1, 0.15) is 11.4 Å². The van der Waals surface area contributed by atoms with Gasteiger partial charge in [-0.1, -0.05) is 39.0 Å². The van der Waals surface area contributed by atoms with Crippen molar-refractivity contribution in [2.45, 2.75) is 52.7 Å². The number of hydrogen-bond acceptors (Lipinski definition) is 3. The summed E-state index contributed by atoms with van der Waals surface area (Å²) in [4.78, 5) is 2.55. The molecule has 1 heterocycles. The molecule has 0 saturated carbocycles. The predicted molar refractivity (Wildman–Crippen MR) is 88.6 cm³/mol. The lowest BCUT2D eigenvalue weighted by atomic mass is 9.86. The Hall–Kier alpha value is -1.06. The number of nitrogens with zero attached hydrogens (tertiary/aromatic N) is 1. The van der Waals surface area contributed by atoms with Crippen LogP contribution >= 0.6 is 0 Å². The van der Waals surface area contributed by atoms with Crippen LogP contribution in [0.5, 0.6) is 5.75 Å². The minimum absolute atomic E-state index is 0.126. The van der Waals surface area contributed by atoms with Crippen LogP contribution in [0.4, 0.5) is 0 Å². The summed E-state index contributed by atoms with van der Waals surface area (Å²) in [7, 11) is 0. The van der Waals surface area contributed by atoms with Crippen LogP contribution in [0.15, 0.2) is 24.3 Å². The normalized spacial score (nSPS) is 21.0. The molecule has 0 saturated heterocycles. The second-order valence-corrected chi connectivity index (χ2v) is 7.55. The molecule has 1 atom stereocenters. The summed E-state index contributed by atoms with van der Waals surface area (Å²) in [5, 5.41) is 0. The Morgan fingerprint density at radius 1 is 1.33 bits per heavy atom. The van der Waals surface area contributed by atoms with E-state index in [4.69, 9.17) is 10.5 Å². The number of hydrogen-bond donors (Lipinski definition) is 1. The fraction of sp³-hybridized carbons (Fsp3) is 0.667. The van der Waals surface area contributed by atoms with E-state index in [1.807, 2.05) is 0 Å². The summed E-state index contributed by atoms with van der Waals surface area (Å²) >= 11 is 0. The molecule has 0 fully saturated rings. The molecule has 1 aromatic rings. The van der Waals surface area contributed by atoms with Crippen LogP contribution in [-0.2, 0) is 0 Å². The lowest BCUT2D eigenvalue weighted by molar-refractivity contribution is 0.0203. The number of benzene rings is 1. The van der Waals surface area contributed by atoms with Gasteiger partial charge >= 0.3 is 0 Å². The van der Waals surface area contributed by atoms with Crippen molar-refractivity contribution in [2.24, 2.45) is 11.1 Å². The fourth-order valence-corrected chi connectivity index (χ4v) is 3.15. The number of nitrogens with two attached hydrogens (primary N) is 1. The summed E-state index contributed by atoms with van der Waals surface area (Å²) < 4.78 is 6.15. The van der Waals surface area contributed by atoms with Crippen LogP contribution in [0.1, 0.15) is 52.6 Å². The molecule has 0 aliphatic carbocycles. The fourth-order valence-electron chi connectivity index (χ4n) is 3.15. The first-order valence-electron chi connectivity index (χ1n) is 8.00.